The van der Waals surface area contributed by atoms with Gasteiger partial charge in [-0.15, -0.1) is 0 Å². The summed E-state index contributed by atoms with van der Waals surface area (Å²) in [6.45, 7) is 6.48. The van der Waals surface area contributed by atoms with Crippen molar-refractivity contribution in [3.05, 3.63) is 0 Å². The molecule has 0 aromatic rings. The van der Waals surface area contributed by atoms with Gasteiger partial charge in [-0.2, -0.15) is 0 Å². The minimum absolute atomic E-state index is 0.714. The smallest absolute Gasteiger partial charge is 0.0110 e. The first kappa shape index (κ1) is 11.0. The van der Waals surface area contributed by atoms with E-state index in [0.29, 0.717) is 6.04 Å². The molecule has 1 aliphatic carbocycles. The van der Waals surface area contributed by atoms with Crippen LogP contribution in [0.1, 0.15) is 46.0 Å². The average Bonchev–Trinajstić information content (AvgIpc) is 2.65. The van der Waals surface area contributed by atoms with Crippen LogP contribution in [0.5, 0.6) is 0 Å². The number of rotatable bonds is 5. The standard InChI is InChI=1S/C11H24N2/c1-3-10(2)13(9-8-12)11-6-4-5-7-11/h10-11H,3-9,12H2,1-2H3. The van der Waals surface area contributed by atoms with Gasteiger partial charge < -0.3 is 5.73 Å². The van der Waals surface area contributed by atoms with E-state index in [9.17, 15) is 0 Å². The van der Waals surface area contributed by atoms with Crippen molar-refractivity contribution in [3.63, 3.8) is 0 Å². The molecule has 0 bridgehead atoms. The monoisotopic (exact) mass is 184 g/mol. The fourth-order valence-electron chi connectivity index (χ4n) is 2.38. The Hall–Kier alpha value is -0.0800. The molecule has 2 nitrogen and oxygen atoms in total. The van der Waals surface area contributed by atoms with Crippen molar-refractivity contribution >= 4 is 0 Å². The highest BCUT2D eigenvalue weighted by molar-refractivity contribution is 4.80. The van der Waals surface area contributed by atoms with E-state index in [1.807, 2.05) is 0 Å². The Morgan fingerprint density at radius 2 is 2.00 bits per heavy atom. The Morgan fingerprint density at radius 3 is 2.46 bits per heavy atom. The maximum Gasteiger partial charge on any atom is 0.0110 e. The van der Waals surface area contributed by atoms with Crippen molar-refractivity contribution in [2.75, 3.05) is 13.1 Å². The lowest BCUT2D eigenvalue weighted by atomic mass is 10.1. The molecule has 1 rings (SSSR count). The van der Waals surface area contributed by atoms with E-state index in [4.69, 9.17) is 5.73 Å². The minimum Gasteiger partial charge on any atom is -0.329 e. The first-order valence-corrected chi connectivity index (χ1v) is 5.75. The van der Waals surface area contributed by atoms with Crippen LogP contribution in [-0.2, 0) is 0 Å². The third kappa shape index (κ3) is 2.96. The lowest BCUT2D eigenvalue weighted by Crippen LogP contribution is -2.43. The Bertz CT molecular complexity index is 130. The van der Waals surface area contributed by atoms with Crippen molar-refractivity contribution in [2.45, 2.75) is 58.0 Å². The maximum atomic E-state index is 5.65. The molecule has 0 aromatic heterocycles. The normalized spacial score (nSPS) is 21.2. The van der Waals surface area contributed by atoms with E-state index in [-0.39, 0.29) is 0 Å². The summed E-state index contributed by atoms with van der Waals surface area (Å²) < 4.78 is 0. The SMILES string of the molecule is CCC(C)N(CCN)C1CCCC1. The molecule has 0 spiro atoms. The van der Waals surface area contributed by atoms with Crippen molar-refractivity contribution in [3.8, 4) is 0 Å². The first-order valence-electron chi connectivity index (χ1n) is 5.75. The van der Waals surface area contributed by atoms with E-state index >= 15 is 0 Å². The average molecular weight is 184 g/mol. The Balaban J connectivity index is 2.44. The highest BCUT2D eigenvalue weighted by Crippen LogP contribution is 2.25. The van der Waals surface area contributed by atoms with Crippen molar-refractivity contribution in [1.29, 1.82) is 0 Å². The second-order valence-electron chi connectivity index (χ2n) is 4.22. The predicted octanol–water partition coefficient (Wildman–Crippen LogP) is 1.99. The molecule has 0 aliphatic heterocycles. The van der Waals surface area contributed by atoms with Gasteiger partial charge in [-0.1, -0.05) is 19.8 Å². The molecule has 0 radical (unpaired) electrons. The van der Waals surface area contributed by atoms with Gasteiger partial charge in [0.05, 0.1) is 0 Å². The van der Waals surface area contributed by atoms with Crippen molar-refractivity contribution < 1.29 is 0 Å². The topological polar surface area (TPSA) is 29.3 Å². The quantitative estimate of drug-likeness (QED) is 0.708. The van der Waals surface area contributed by atoms with Crippen molar-refractivity contribution in [1.82, 2.24) is 4.90 Å². The van der Waals surface area contributed by atoms with Crippen LogP contribution in [0.4, 0.5) is 0 Å². The molecule has 13 heavy (non-hydrogen) atoms. The number of hydrogen-bond acceptors (Lipinski definition) is 2. The van der Waals surface area contributed by atoms with Gasteiger partial charge in [-0.05, 0) is 26.2 Å². The van der Waals surface area contributed by atoms with Gasteiger partial charge in [0.15, 0.2) is 0 Å². The van der Waals surface area contributed by atoms with Gasteiger partial charge in [0.25, 0.3) is 0 Å². The van der Waals surface area contributed by atoms with E-state index in [0.717, 1.165) is 19.1 Å². The summed E-state index contributed by atoms with van der Waals surface area (Å²) in [5.74, 6) is 0. The molecule has 0 saturated heterocycles. The minimum atomic E-state index is 0.714. The second-order valence-corrected chi connectivity index (χ2v) is 4.22. The summed E-state index contributed by atoms with van der Waals surface area (Å²) in [6, 6.07) is 1.55. The summed E-state index contributed by atoms with van der Waals surface area (Å²) in [4.78, 5) is 2.62. The van der Waals surface area contributed by atoms with Crippen molar-refractivity contribution in [2.24, 2.45) is 5.73 Å². The van der Waals surface area contributed by atoms with Crippen LogP contribution in [0.2, 0.25) is 0 Å². The molecular weight excluding hydrogens is 160 g/mol. The van der Waals surface area contributed by atoms with Gasteiger partial charge >= 0.3 is 0 Å². The summed E-state index contributed by atoms with van der Waals surface area (Å²) in [6.07, 6.45) is 6.87. The van der Waals surface area contributed by atoms with Crippen LogP contribution in [0.25, 0.3) is 0 Å². The Labute approximate surface area is 82.5 Å². The Morgan fingerprint density at radius 1 is 1.38 bits per heavy atom. The molecular formula is C11H24N2. The third-order valence-electron chi connectivity index (χ3n) is 3.34. The summed E-state index contributed by atoms with van der Waals surface area (Å²) >= 11 is 0. The molecule has 1 saturated carbocycles. The van der Waals surface area contributed by atoms with Gasteiger partial charge in [0.1, 0.15) is 0 Å². The largest absolute Gasteiger partial charge is 0.329 e. The second kappa shape index (κ2) is 5.61. The fourth-order valence-corrected chi connectivity index (χ4v) is 2.38. The number of nitrogens with two attached hydrogens (primary N) is 1. The summed E-state index contributed by atoms with van der Waals surface area (Å²) in [7, 11) is 0. The Kier molecular flexibility index (Phi) is 4.74. The van der Waals surface area contributed by atoms with Crippen LogP contribution in [0.3, 0.4) is 0 Å². The summed E-state index contributed by atoms with van der Waals surface area (Å²) in [5, 5.41) is 0. The molecule has 1 aliphatic rings. The zero-order valence-electron chi connectivity index (χ0n) is 9.13. The molecule has 0 heterocycles. The van der Waals surface area contributed by atoms with E-state index in [1.54, 1.807) is 0 Å². The maximum absolute atomic E-state index is 5.65. The van der Waals surface area contributed by atoms with E-state index in [2.05, 4.69) is 18.7 Å². The molecule has 1 atom stereocenters. The zero-order valence-corrected chi connectivity index (χ0v) is 9.13. The van der Waals surface area contributed by atoms with E-state index in [1.165, 1.54) is 32.1 Å². The van der Waals surface area contributed by atoms with Crippen LogP contribution < -0.4 is 5.73 Å². The highest BCUT2D eigenvalue weighted by atomic mass is 15.2. The van der Waals surface area contributed by atoms with Crippen LogP contribution in [-0.4, -0.2) is 30.1 Å². The lowest BCUT2D eigenvalue weighted by Gasteiger charge is -2.33. The predicted molar refractivity (Wildman–Crippen MR) is 57.8 cm³/mol. The van der Waals surface area contributed by atoms with Gasteiger partial charge in [-0.3, -0.25) is 4.90 Å². The number of hydrogen-bond donors (Lipinski definition) is 1. The molecule has 0 amide bonds. The molecule has 78 valence electrons. The fraction of sp³-hybridized carbons (Fsp3) is 1.00. The van der Waals surface area contributed by atoms with Gasteiger partial charge in [-0.25, -0.2) is 0 Å². The molecule has 0 aromatic carbocycles. The van der Waals surface area contributed by atoms with Crippen LogP contribution in [0, 0.1) is 0 Å². The zero-order chi connectivity index (χ0) is 9.68. The highest BCUT2D eigenvalue weighted by Gasteiger charge is 2.24. The lowest BCUT2D eigenvalue weighted by molar-refractivity contribution is 0.146. The van der Waals surface area contributed by atoms with Gasteiger partial charge in [0, 0.05) is 25.2 Å². The molecule has 2 heteroatoms. The third-order valence-corrected chi connectivity index (χ3v) is 3.34. The number of nitrogens with zero attached hydrogens (tertiary/aromatic N) is 1. The molecule has 1 fully saturated rings. The van der Waals surface area contributed by atoms with Crippen LogP contribution in [0.15, 0.2) is 0 Å². The summed E-state index contributed by atoms with van der Waals surface area (Å²) in [5.41, 5.74) is 5.65. The van der Waals surface area contributed by atoms with Crippen LogP contribution >= 0.6 is 0 Å². The van der Waals surface area contributed by atoms with Gasteiger partial charge in [0.2, 0.25) is 0 Å². The molecule has 2 N–H and O–H groups in total. The molecule has 1 unspecified atom stereocenters. The first-order chi connectivity index (χ1) is 6.29. The van der Waals surface area contributed by atoms with E-state index < -0.39 is 0 Å².